The molecule has 0 atom stereocenters. The number of hydrogen-bond donors (Lipinski definition) is 2. The topological polar surface area (TPSA) is 75.6 Å². The minimum atomic E-state index is -1.18. The summed E-state index contributed by atoms with van der Waals surface area (Å²) in [7, 11) is 0. The number of amides is 1. The molecule has 0 aliphatic carbocycles. The van der Waals surface area contributed by atoms with Crippen molar-refractivity contribution in [1.29, 1.82) is 0 Å². The molecule has 2 aromatic carbocycles. The maximum Gasteiger partial charge on any atom is 0.337 e. The summed E-state index contributed by atoms with van der Waals surface area (Å²) in [5, 5.41) is 12.3. The van der Waals surface area contributed by atoms with Crippen molar-refractivity contribution in [3.05, 3.63) is 58.1 Å². The molecule has 0 aliphatic rings. The van der Waals surface area contributed by atoms with Crippen molar-refractivity contribution in [3.8, 4) is 5.75 Å². The van der Waals surface area contributed by atoms with E-state index in [1.54, 1.807) is 38.1 Å². The lowest BCUT2D eigenvalue weighted by Gasteiger charge is -2.25. The molecule has 0 heterocycles. The number of anilines is 1. The van der Waals surface area contributed by atoms with Crippen molar-refractivity contribution in [1.82, 2.24) is 0 Å². The second-order valence-electron chi connectivity index (χ2n) is 5.52. The van der Waals surface area contributed by atoms with E-state index in [0.29, 0.717) is 16.5 Å². The third-order valence-corrected chi connectivity index (χ3v) is 3.77. The average Bonchev–Trinajstić information content (AvgIpc) is 2.51. The lowest BCUT2D eigenvalue weighted by molar-refractivity contribution is -0.128. The van der Waals surface area contributed by atoms with Crippen LogP contribution in [-0.2, 0) is 4.79 Å². The predicted molar refractivity (Wildman–Crippen MR) is 93.2 cm³/mol. The first-order chi connectivity index (χ1) is 11.2. The molecule has 5 nitrogen and oxygen atoms in total. The van der Waals surface area contributed by atoms with Crippen LogP contribution in [0.2, 0.25) is 10.0 Å². The summed E-state index contributed by atoms with van der Waals surface area (Å²) >= 11 is 11.6. The van der Waals surface area contributed by atoms with E-state index in [9.17, 15) is 9.59 Å². The second-order valence-corrected chi connectivity index (χ2v) is 6.36. The molecule has 0 saturated heterocycles. The van der Waals surface area contributed by atoms with Gasteiger partial charge in [0, 0.05) is 10.7 Å². The van der Waals surface area contributed by atoms with Crippen molar-refractivity contribution in [2.24, 2.45) is 0 Å². The quantitative estimate of drug-likeness (QED) is 0.816. The number of benzene rings is 2. The van der Waals surface area contributed by atoms with Crippen molar-refractivity contribution in [2.45, 2.75) is 19.4 Å². The number of carbonyl (C=O) groups excluding carboxylic acids is 1. The molecule has 2 aromatic rings. The maximum atomic E-state index is 12.4. The Labute approximate surface area is 149 Å². The number of nitrogens with one attached hydrogen (secondary N) is 1. The van der Waals surface area contributed by atoms with Crippen LogP contribution in [0.3, 0.4) is 0 Å². The molecule has 1 amide bonds. The van der Waals surface area contributed by atoms with Crippen LogP contribution < -0.4 is 10.1 Å². The Bertz CT molecular complexity index is 773. The summed E-state index contributed by atoms with van der Waals surface area (Å²) in [5.41, 5.74) is -0.961. The molecule has 24 heavy (non-hydrogen) atoms. The molecule has 7 heteroatoms. The van der Waals surface area contributed by atoms with Gasteiger partial charge in [0.1, 0.15) is 5.75 Å². The van der Waals surface area contributed by atoms with E-state index < -0.39 is 17.5 Å². The highest BCUT2D eigenvalue weighted by Gasteiger charge is 2.30. The van der Waals surface area contributed by atoms with Crippen LogP contribution in [-0.4, -0.2) is 22.6 Å². The Morgan fingerprint density at radius 1 is 1.08 bits per heavy atom. The summed E-state index contributed by atoms with van der Waals surface area (Å²) in [6.07, 6.45) is 0. The molecule has 2 rings (SSSR count). The van der Waals surface area contributed by atoms with Gasteiger partial charge in [-0.15, -0.1) is 0 Å². The highest BCUT2D eigenvalue weighted by molar-refractivity contribution is 6.33. The molecule has 0 aliphatic heterocycles. The number of carbonyl (C=O) groups is 2. The first kappa shape index (κ1) is 18.1. The zero-order valence-corrected chi connectivity index (χ0v) is 14.5. The van der Waals surface area contributed by atoms with Gasteiger partial charge in [0.05, 0.1) is 10.6 Å². The molecule has 0 unspecified atom stereocenters. The monoisotopic (exact) mass is 367 g/mol. The molecular weight excluding hydrogens is 353 g/mol. The van der Waals surface area contributed by atoms with Gasteiger partial charge >= 0.3 is 5.97 Å². The maximum absolute atomic E-state index is 12.4. The molecule has 0 spiro atoms. The zero-order valence-electron chi connectivity index (χ0n) is 13.0. The molecular formula is C17H15Cl2NO4. The van der Waals surface area contributed by atoms with E-state index in [1.807, 2.05) is 0 Å². The Balaban J connectivity index is 2.14. The molecule has 0 fully saturated rings. The minimum absolute atomic E-state index is 0.0918. The van der Waals surface area contributed by atoms with Gasteiger partial charge in [-0.05, 0) is 56.3 Å². The average molecular weight is 368 g/mol. The molecule has 0 radical (unpaired) electrons. The van der Waals surface area contributed by atoms with Crippen LogP contribution in [0.4, 0.5) is 5.69 Å². The van der Waals surface area contributed by atoms with Gasteiger partial charge < -0.3 is 15.2 Å². The largest absolute Gasteiger partial charge is 0.478 e. The van der Waals surface area contributed by atoms with Crippen molar-refractivity contribution in [2.75, 3.05) is 5.32 Å². The van der Waals surface area contributed by atoms with Crippen molar-refractivity contribution in [3.63, 3.8) is 0 Å². The van der Waals surface area contributed by atoms with Crippen LogP contribution in [0.25, 0.3) is 0 Å². The smallest absolute Gasteiger partial charge is 0.337 e. The van der Waals surface area contributed by atoms with E-state index in [1.165, 1.54) is 18.2 Å². The van der Waals surface area contributed by atoms with Gasteiger partial charge in [-0.25, -0.2) is 4.79 Å². The summed E-state index contributed by atoms with van der Waals surface area (Å²) in [5.74, 6) is -1.12. The lowest BCUT2D eigenvalue weighted by atomic mass is 10.1. The number of carboxylic acid groups (broad SMARTS) is 1. The van der Waals surface area contributed by atoms with Gasteiger partial charge in [-0.2, -0.15) is 0 Å². The van der Waals surface area contributed by atoms with Crippen molar-refractivity contribution >= 4 is 40.8 Å². The zero-order chi connectivity index (χ0) is 17.9. The molecule has 0 saturated carbocycles. The molecule has 2 N–H and O–H groups in total. The Morgan fingerprint density at radius 3 is 2.29 bits per heavy atom. The molecule has 0 bridgehead atoms. The fraction of sp³-hybridized carbons (Fsp3) is 0.176. The number of hydrogen-bond acceptors (Lipinski definition) is 3. The van der Waals surface area contributed by atoms with E-state index in [0.717, 1.165) is 0 Å². The highest BCUT2D eigenvalue weighted by Crippen LogP contribution is 2.24. The standard InChI is InChI=1S/C17H15Cl2NO4/c1-17(2,24-12-6-3-10(18)4-7-12)16(23)20-11-5-8-14(19)13(9-11)15(21)22/h3-9H,1-2H3,(H,20,23)(H,21,22). The molecule has 126 valence electrons. The van der Waals surface area contributed by atoms with Crippen molar-refractivity contribution < 1.29 is 19.4 Å². The number of rotatable bonds is 5. The first-order valence-electron chi connectivity index (χ1n) is 6.98. The third-order valence-electron chi connectivity index (χ3n) is 3.19. The summed E-state index contributed by atoms with van der Waals surface area (Å²) in [4.78, 5) is 23.5. The Kier molecular flexibility index (Phi) is 5.36. The highest BCUT2D eigenvalue weighted by atomic mass is 35.5. The number of carboxylic acids is 1. The fourth-order valence-corrected chi connectivity index (χ4v) is 2.22. The fourth-order valence-electron chi connectivity index (χ4n) is 1.89. The normalized spacial score (nSPS) is 11.0. The van der Waals surface area contributed by atoms with Crippen LogP contribution in [0.15, 0.2) is 42.5 Å². The minimum Gasteiger partial charge on any atom is -0.478 e. The van der Waals surface area contributed by atoms with E-state index in [4.69, 9.17) is 33.0 Å². The van der Waals surface area contributed by atoms with E-state index in [-0.39, 0.29) is 10.6 Å². The lowest BCUT2D eigenvalue weighted by Crippen LogP contribution is -2.42. The second kappa shape index (κ2) is 7.11. The number of halogens is 2. The number of ether oxygens (including phenoxy) is 1. The van der Waals surface area contributed by atoms with Gasteiger partial charge in [0.15, 0.2) is 5.60 Å². The van der Waals surface area contributed by atoms with Crippen LogP contribution in [0.1, 0.15) is 24.2 Å². The van der Waals surface area contributed by atoms with Crippen LogP contribution >= 0.6 is 23.2 Å². The Morgan fingerprint density at radius 2 is 1.71 bits per heavy atom. The molecule has 0 aromatic heterocycles. The SMILES string of the molecule is CC(C)(Oc1ccc(Cl)cc1)C(=O)Nc1ccc(Cl)c(C(=O)O)c1. The van der Waals surface area contributed by atoms with Crippen LogP contribution in [0, 0.1) is 0 Å². The van der Waals surface area contributed by atoms with Crippen LogP contribution in [0.5, 0.6) is 5.75 Å². The number of aromatic carboxylic acids is 1. The third kappa shape index (κ3) is 4.40. The van der Waals surface area contributed by atoms with Gasteiger partial charge in [-0.1, -0.05) is 23.2 Å². The van der Waals surface area contributed by atoms with E-state index in [2.05, 4.69) is 5.32 Å². The van der Waals surface area contributed by atoms with Gasteiger partial charge in [0.25, 0.3) is 5.91 Å². The van der Waals surface area contributed by atoms with Gasteiger partial charge in [0.2, 0.25) is 0 Å². The Hall–Kier alpha value is -2.24. The summed E-state index contributed by atoms with van der Waals surface area (Å²) < 4.78 is 5.68. The summed E-state index contributed by atoms with van der Waals surface area (Å²) in [6.45, 7) is 3.20. The summed E-state index contributed by atoms with van der Waals surface area (Å²) in [6, 6.07) is 10.8. The predicted octanol–water partition coefficient (Wildman–Crippen LogP) is 4.49. The van der Waals surface area contributed by atoms with Gasteiger partial charge in [-0.3, -0.25) is 4.79 Å². The van der Waals surface area contributed by atoms with E-state index >= 15 is 0 Å². The first-order valence-corrected chi connectivity index (χ1v) is 7.73.